The maximum Gasteiger partial charge on any atom is 0.276 e. The Morgan fingerprint density at radius 2 is 1.57 bits per heavy atom. The lowest BCUT2D eigenvalue weighted by atomic mass is 10.1. The van der Waals surface area contributed by atoms with E-state index in [0.717, 1.165) is 29.9 Å². The molecule has 0 spiro atoms. The fourth-order valence-electron chi connectivity index (χ4n) is 2.66. The van der Waals surface area contributed by atoms with Gasteiger partial charge in [-0.25, -0.2) is 4.83 Å². The zero-order chi connectivity index (χ0) is 20.2. The van der Waals surface area contributed by atoms with Gasteiger partial charge in [-0.3, -0.25) is 0 Å². The molecule has 5 nitrogen and oxygen atoms in total. The summed E-state index contributed by atoms with van der Waals surface area (Å²) in [5.41, 5.74) is 1.79. The molecule has 2 aromatic carbocycles. The molecule has 0 radical (unpaired) electrons. The number of ether oxygens (including phenoxy) is 1. The van der Waals surface area contributed by atoms with Crippen LogP contribution in [0.3, 0.4) is 0 Å². The van der Waals surface area contributed by atoms with Crippen LogP contribution < -0.4 is 9.57 Å². The summed E-state index contributed by atoms with van der Waals surface area (Å²) in [6.07, 6.45) is 8.89. The van der Waals surface area contributed by atoms with E-state index in [1.165, 1.54) is 38.3 Å². The second kappa shape index (κ2) is 11.5. The number of benzene rings is 2. The van der Waals surface area contributed by atoms with E-state index in [9.17, 15) is 8.42 Å². The SMILES string of the molecule is CCCCCCCCOc1ccc(/C=N/NS(=O)(=O)c2ccc(C)cc2)cc1. The molecule has 0 fully saturated rings. The van der Waals surface area contributed by atoms with E-state index in [2.05, 4.69) is 16.9 Å². The molecule has 0 unspecified atom stereocenters. The third-order valence-corrected chi connectivity index (χ3v) is 5.60. The molecule has 0 amide bonds. The molecule has 1 N–H and O–H groups in total. The number of sulfonamides is 1. The molecule has 0 heterocycles. The average molecular weight is 403 g/mol. The largest absolute Gasteiger partial charge is 0.494 e. The number of nitrogens with zero attached hydrogens (tertiary/aromatic N) is 1. The second-order valence-electron chi connectivity index (χ2n) is 6.85. The minimum Gasteiger partial charge on any atom is -0.494 e. The van der Waals surface area contributed by atoms with Crippen molar-refractivity contribution in [1.29, 1.82) is 0 Å². The molecule has 0 aliphatic heterocycles. The quantitative estimate of drug-likeness (QED) is 0.307. The highest BCUT2D eigenvalue weighted by molar-refractivity contribution is 7.89. The van der Waals surface area contributed by atoms with Gasteiger partial charge in [-0.15, -0.1) is 0 Å². The fourth-order valence-corrected chi connectivity index (χ4v) is 3.45. The second-order valence-corrected chi connectivity index (χ2v) is 8.51. The van der Waals surface area contributed by atoms with Gasteiger partial charge in [0.2, 0.25) is 0 Å². The molecule has 2 rings (SSSR count). The first-order valence-electron chi connectivity index (χ1n) is 9.85. The first-order chi connectivity index (χ1) is 13.5. The van der Waals surface area contributed by atoms with Gasteiger partial charge in [-0.2, -0.15) is 13.5 Å². The topological polar surface area (TPSA) is 67.8 Å². The molecule has 0 saturated carbocycles. The Labute approximate surface area is 168 Å². The summed E-state index contributed by atoms with van der Waals surface area (Å²) in [5, 5.41) is 3.85. The van der Waals surface area contributed by atoms with Crippen molar-refractivity contribution in [3.8, 4) is 5.75 Å². The van der Waals surface area contributed by atoms with Crippen LogP contribution >= 0.6 is 0 Å². The lowest BCUT2D eigenvalue weighted by molar-refractivity contribution is 0.304. The molecule has 0 bridgehead atoms. The summed E-state index contributed by atoms with van der Waals surface area (Å²) in [4.78, 5) is 2.42. The maximum atomic E-state index is 12.2. The van der Waals surface area contributed by atoms with Crippen LogP contribution in [0.2, 0.25) is 0 Å². The highest BCUT2D eigenvalue weighted by Crippen LogP contribution is 2.13. The number of nitrogens with one attached hydrogen (secondary N) is 1. The van der Waals surface area contributed by atoms with Gasteiger partial charge < -0.3 is 4.74 Å². The van der Waals surface area contributed by atoms with Crippen molar-refractivity contribution in [2.24, 2.45) is 5.10 Å². The molecule has 28 heavy (non-hydrogen) atoms. The van der Waals surface area contributed by atoms with Crippen LogP contribution in [0.5, 0.6) is 5.75 Å². The van der Waals surface area contributed by atoms with Gasteiger partial charge in [-0.1, -0.05) is 56.7 Å². The molecule has 6 heteroatoms. The van der Waals surface area contributed by atoms with E-state index in [1.807, 2.05) is 31.2 Å². The fraction of sp³-hybridized carbons (Fsp3) is 0.409. The Morgan fingerprint density at radius 3 is 2.25 bits per heavy atom. The number of hydrazone groups is 1. The van der Waals surface area contributed by atoms with Crippen molar-refractivity contribution in [1.82, 2.24) is 4.83 Å². The van der Waals surface area contributed by atoms with Crippen molar-refractivity contribution >= 4 is 16.2 Å². The summed E-state index contributed by atoms with van der Waals surface area (Å²) in [6.45, 7) is 4.84. The summed E-state index contributed by atoms with van der Waals surface area (Å²) < 4.78 is 30.1. The van der Waals surface area contributed by atoms with Crippen LogP contribution in [0.15, 0.2) is 58.5 Å². The summed E-state index contributed by atoms with van der Waals surface area (Å²) in [6, 6.07) is 14.1. The van der Waals surface area contributed by atoms with Gasteiger partial charge in [0.25, 0.3) is 10.0 Å². The van der Waals surface area contributed by atoms with Crippen LogP contribution in [0.4, 0.5) is 0 Å². The summed E-state index contributed by atoms with van der Waals surface area (Å²) in [5.74, 6) is 0.811. The van der Waals surface area contributed by atoms with Crippen molar-refractivity contribution in [2.75, 3.05) is 6.61 Å². The monoisotopic (exact) mass is 402 g/mol. The van der Waals surface area contributed by atoms with Crippen LogP contribution in [0, 0.1) is 6.92 Å². The Morgan fingerprint density at radius 1 is 0.929 bits per heavy atom. The number of rotatable bonds is 12. The van der Waals surface area contributed by atoms with E-state index in [-0.39, 0.29) is 4.90 Å². The van der Waals surface area contributed by atoms with E-state index in [1.54, 1.807) is 24.3 Å². The molecule has 0 aromatic heterocycles. The highest BCUT2D eigenvalue weighted by atomic mass is 32.2. The lowest BCUT2D eigenvalue weighted by Gasteiger charge is -2.06. The van der Waals surface area contributed by atoms with Crippen LogP contribution in [0.1, 0.15) is 56.6 Å². The first-order valence-corrected chi connectivity index (χ1v) is 11.3. The average Bonchev–Trinajstić information content (AvgIpc) is 2.69. The van der Waals surface area contributed by atoms with E-state index in [0.29, 0.717) is 0 Å². The van der Waals surface area contributed by atoms with E-state index < -0.39 is 10.0 Å². The number of hydrogen-bond acceptors (Lipinski definition) is 4. The Bertz CT molecular complexity index is 829. The Hall–Kier alpha value is -2.34. The van der Waals surface area contributed by atoms with Crippen molar-refractivity contribution in [3.05, 3.63) is 59.7 Å². The van der Waals surface area contributed by atoms with Gasteiger partial charge in [-0.05, 0) is 55.3 Å². The summed E-state index contributed by atoms with van der Waals surface area (Å²) in [7, 11) is -3.65. The smallest absolute Gasteiger partial charge is 0.276 e. The number of unbranched alkanes of at least 4 members (excludes halogenated alkanes) is 5. The highest BCUT2D eigenvalue weighted by Gasteiger charge is 2.11. The normalized spacial score (nSPS) is 11.6. The van der Waals surface area contributed by atoms with Gasteiger partial charge >= 0.3 is 0 Å². The minimum absolute atomic E-state index is 0.189. The third kappa shape index (κ3) is 7.72. The molecule has 0 saturated heterocycles. The zero-order valence-electron chi connectivity index (χ0n) is 16.7. The van der Waals surface area contributed by atoms with Crippen LogP contribution in [0.25, 0.3) is 0 Å². The van der Waals surface area contributed by atoms with Crippen molar-refractivity contribution in [2.45, 2.75) is 57.3 Å². The zero-order valence-corrected chi connectivity index (χ0v) is 17.5. The van der Waals surface area contributed by atoms with Gasteiger partial charge in [0.1, 0.15) is 5.75 Å². The number of hydrogen-bond donors (Lipinski definition) is 1. The molecular weight excluding hydrogens is 372 g/mol. The van der Waals surface area contributed by atoms with E-state index in [4.69, 9.17) is 4.74 Å². The molecule has 0 aliphatic rings. The molecule has 0 atom stereocenters. The van der Waals surface area contributed by atoms with E-state index >= 15 is 0 Å². The lowest BCUT2D eigenvalue weighted by Crippen LogP contribution is -2.18. The molecule has 0 aliphatic carbocycles. The van der Waals surface area contributed by atoms with Gasteiger partial charge in [0.05, 0.1) is 17.7 Å². The maximum absolute atomic E-state index is 12.2. The molecular formula is C22H30N2O3S. The minimum atomic E-state index is -3.65. The molecule has 152 valence electrons. The number of aryl methyl sites for hydroxylation is 1. The Balaban J connectivity index is 1.76. The van der Waals surface area contributed by atoms with Crippen molar-refractivity contribution < 1.29 is 13.2 Å². The third-order valence-electron chi connectivity index (χ3n) is 4.36. The van der Waals surface area contributed by atoms with Gasteiger partial charge in [0.15, 0.2) is 0 Å². The molecule has 2 aromatic rings. The predicted molar refractivity (Wildman–Crippen MR) is 114 cm³/mol. The van der Waals surface area contributed by atoms with Crippen molar-refractivity contribution in [3.63, 3.8) is 0 Å². The van der Waals surface area contributed by atoms with Crippen LogP contribution in [-0.4, -0.2) is 21.2 Å². The predicted octanol–water partition coefficient (Wildman–Crippen LogP) is 5.05. The standard InChI is InChI=1S/C22H30N2O3S/c1-3-4-5-6-7-8-17-27-21-13-11-20(12-14-21)18-23-24-28(25,26)22-15-9-19(2)10-16-22/h9-16,18,24H,3-8,17H2,1-2H3/b23-18+. The first kappa shape index (κ1) is 22.0. The van der Waals surface area contributed by atoms with Gasteiger partial charge in [0, 0.05) is 0 Å². The Kier molecular flexibility index (Phi) is 9.01. The van der Waals surface area contributed by atoms with Crippen LogP contribution in [-0.2, 0) is 10.0 Å². The summed E-state index contributed by atoms with van der Waals surface area (Å²) >= 11 is 0.